The summed E-state index contributed by atoms with van der Waals surface area (Å²) in [5.41, 5.74) is 4.51. The van der Waals surface area contributed by atoms with Crippen molar-refractivity contribution in [3.8, 4) is 0 Å². The molecule has 0 saturated heterocycles. The Bertz CT molecular complexity index is 778. The quantitative estimate of drug-likeness (QED) is 0.750. The fourth-order valence-corrected chi connectivity index (χ4v) is 3.03. The molecule has 0 aliphatic rings. The second kappa shape index (κ2) is 9.88. The molecule has 0 fully saturated rings. The number of benzene rings is 2. The topological polar surface area (TPSA) is 61.4 Å². The van der Waals surface area contributed by atoms with E-state index in [0.29, 0.717) is 5.56 Å². The van der Waals surface area contributed by atoms with Crippen LogP contribution < -0.4 is 10.6 Å². The van der Waals surface area contributed by atoms with Gasteiger partial charge in [-0.2, -0.15) is 0 Å². The van der Waals surface area contributed by atoms with Crippen LogP contribution in [0.1, 0.15) is 40.9 Å². The van der Waals surface area contributed by atoms with E-state index >= 15 is 0 Å². The summed E-state index contributed by atoms with van der Waals surface area (Å²) >= 11 is 0. The Balaban J connectivity index is 1.91. The Kier molecular flexibility index (Phi) is 7.55. The first kappa shape index (κ1) is 20.6. The third-order valence-corrected chi connectivity index (χ3v) is 4.40. The highest BCUT2D eigenvalue weighted by Crippen LogP contribution is 2.13. The van der Waals surface area contributed by atoms with Gasteiger partial charge in [0.15, 0.2) is 0 Å². The van der Waals surface area contributed by atoms with E-state index < -0.39 is 0 Å². The van der Waals surface area contributed by atoms with Crippen molar-refractivity contribution in [3.05, 3.63) is 64.7 Å². The fraction of sp³-hybridized carbons (Fsp3) is 0.364. The van der Waals surface area contributed by atoms with Crippen molar-refractivity contribution >= 4 is 17.5 Å². The summed E-state index contributed by atoms with van der Waals surface area (Å²) in [4.78, 5) is 26.8. The van der Waals surface area contributed by atoms with E-state index in [9.17, 15) is 9.59 Å². The van der Waals surface area contributed by atoms with Crippen LogP contribution >= 0.6 is 0 Å². The molecule has 0 aliphatic heterocycles. The highest BCUT2D eigenvalue weighted by Gasteiger charge is 2.10. The lowest BCUT2D eigenvalue weighted by Crippen LogP contribution is -2.33. The Morgan fingerprint density at radius 2 is 1.63 bits per heavy atom. The number of rotatable bonds is 8. The molecule has 0 bridgehead atoms. The van der Waals surface area contributed by atoms with E-state index in [2.05, 4.69) is 35.4 Å². The number of carbonyl (C=O) groups is 2. The summed E-state index contributed by atoms with van der Waals surface area (Å²) in [7, 11) is 0. The lowest BCUT2D eigenvalue weighted by molar-refractivity contribution is -0.115. The zero-order valence-corrected chi connectivity index (χ0v) is 16.6. The molecular formula is C22H29N3O2. The SMILES string of the molecule is CCN(CC)Cc1cccc(NC(=O)CNC(=O)c2cc(C)cc(C)c2)c1. The van der Waals surface area contributed by atoms with Gasteiger partial charge in [0.25, 0.3) is 5.91 Å². The molecule has 2 amide bonds. The van der Waals surface area contributed by atoms with E-state index in [1.54, 1.807) is 0 Å². The van der Waals surface area contributed by atoms with E-state index in [0.717, 1.165) is 42.0 Å². The van der Waals surface area contributed by atoms with Crippen molar-refractivity contribution in [2.24, 2.45) is 0 Å². The third kappa shape index (κ3) is 6.53. The molecule has 0 radical (unpaired) electrons. The van der Waals surface area contributed by atoms with Gasteiger partial charge in [0.05, 0.1) is 6.54 Å². The molecule has 2 aromatic rings. The number of hydrogen-bond donors (Lipinski definition) is 2. The van der Waals surface area contributed by atoms with Gasteiger partial charge in [0.1, 0.15) is 0 Å². The average Bonchev–Trinajstić information content (AvgIpc) is 2.63. The van der Waals surface area contributed by atoms with Crippen LogP contribution in [0.15, 0.2) is 42.5 Å². The number of nitrogens with zero attached hydrogens (tertiary/aromatic N) is 1. The molecule has 2 rings (SSSR count). The summed E-state index contributed by atoms with van der Waals surface area (Å²) in [5, 5.41) is 5.53. The minimum atomic E-state index is -0.243. The van der Waals surface area contributed by atoms with Crippen molar-refractivity contribution in [3.63, 3.8) is 0 Å². The standard InChI is InChI=1S/C22H29N3O2/c1-5-25(6-2)15-18-8-7-9-20(13-18)24-21(26)14-23-22(27)19-11-16(3)10-17(4)12-19/h7-13H,5-6,14-15H2,1-4H3,(H,23,27)(H,24,26). The molecule has 144 valence electrons. The second-order valence-corrected chi connectivity index (χ2v) is 6.77. The second-order valence-electron chi connectivity index (χ2n) is 6.77. The number of carbonyl (C=O) groups excluding carboxylic acids is 2. The average molecular weight is 367 g/mol. The summed E-state index contributed by atoms with van der Waals surface area (Å²) in [6, 6.07) is 13.5. The van der Waals surface area contributed by atoms with Crippen LogP contribution in [-0.2, 0) is 11.3 Å². The van der Waals surface area contributed by atoms with Gasteiger partial charge in [-0.25, -0.2) is 0 Å². The Morgan fingerprint density at radius 1 is 0.963 bits per heavy atom. The molecule has 5 heteroatoms. The minimum Gasteiger partial charge on any atom is -0.343 e. The van der Waals surface area contributed by atoms with Crippen molar-refractivity contribution < 1.29 is 9.59 Å². The predicted molar refractivity (Wildman–Crippen MR) is 110 cm³/mol. The normalized spacial score (nSPS) is 10.7. The molecule has 2 N–H and O–H groups in total. The van der Waals surface area contributed by atoms with Crippen LogP contribution in [-0.4, -0.2) is 36.3 Å². The minimum absolute atomic E-state index is 0.0634. The predicted octanol–water partition coefficient (Wildman–Crippen LogP) is 3.51. The van der Waals surface area contributed by atoms with Gasteiger partial charge < -0.3 is 10.6 Å². The maximum absolute atomic E-state index is 12.3. The zero-order valence-electron chi connectivity index (χ0n) is 16.6. The molecule has 0 unspecified atom stereocenters. The van der Waals surface area contributed by atoms with Crippen molar-refractivity contribution in [1.29, 1.82) is 0 Å². The number of nitrogens with one attached hydrogen (secondary N) is 2. The first-order valence-electron chi connectivity index (χ1n) is 9.39. The maximum atomic E-state index is 12.3. The molecule has 5 nitrogen and oxygen atoms in total. The largest absolute Gasteiger partial charge is 0.343 e. The molecular weight excluding hydrogens is 338 g/mol. The van der Waals surface area contributed by atoms with Crippen molar-refractivity contribution in [2.45, 2.75) is 34.2 Å². The van der Waals surface area contributed by atoms with E-state index in [1.807, 2.05) is 50.2 Å². The monoisotopic (exact) mass is 367 g/mol. The highest BCUT2D eigenvalue weighted by molar-refractivity contribution is 5.99. The summed E-state index contributed by atoms with van der Waals surface area (Å²) < 4.78 is 0. The highest BCUT2D eigenvalue weighted by atomic mass is 16.2. The number of amides is 2. The zero-order chi connectivity index (χ0) is 19.8. The Morgan fingerprint density at radius 3 is 2.26 bits per heavy atom. The summed E-state index contributed by atoms with van der Waals surface area (Å²) in [6.07, 6.45) is 0. The van der Waals surface area contributed by atoms with Crippen LogP contribution in [0.4, 0.5) is 5.69 Å². The van der Waals surface area contributed by atoms with E-state index in [1.165, 1.54) is 0 Å². The summed E-state index contributed by atoms with van der Waals surface area (Å²) in [5.74, 6) is -0.486. The number of anilines is 1. The van der Waals surface area contributed by atoms with Gasteiger partial charge in [-0.1, -0.05) is 43.2 Å². The number of hydrogen-bond acceptors (Lipinski definition) is 3. The maximum Gasteiger partial charge on any atom is 0.251 e. The molecule has 0 saturated carbocycles. The summed E-state index contributed by atoms with van der Waals surface area (Å²) in [6.45, 7) is 10.9. The van der Waals surface area contributed by atoms with Gasteiger partial charge >= 0.3 is 0 Å². The lowest BCUT2D eigenvalue weighted by atomic mass is 10.1. The molecule has 0 aromatic heterocycles. The van der Waals surface area contributed by atoms with Crippen LogP contribution in [0.3, 0.4) is 0 Å². The van der Waals surface area contributed by atoms with E-state index in [4.69, 9.17) is 0 Å². The molecule has 0 heterocycles. The van der Waals surface area contributed by atoms with Crippen LogP contribution in [0.25, 0.3) is 0 Å². The Labute approximate surface area is 161 Å². The Hall–Kier alpha value is -2.66. The van der Waals surface area contributed by atoms with Gasteiger partial charge in [-0.05, 0) is 56.8 Å². The third-order valence-electron chi connectivity index (χ3n) is 4.40. The molecule has 0 atom stereocenters. The lowest BCUT2D eigenvalue weighted by Gasteiger charge is -2.18. The first-order chi connectivity index (χ1) is 12.9. The smallest absolute Gasteiger partial charge is 0.251 e. The van der Waals surface area contributed by atoms with Gasteiger partial charge in [-0.3, -0.25) is 14.5 Å². The molecule has 0 aliphatic carbocycles. The molecule has 2 aromatic carbocycles. The van der Waals surface area contributed by atoms with Crippen LogP contribution in [0.5, 0.6) is 0 Å². The number of aryl methyl sites for hydroxylation is 2. The fourth-order valence-electron chi connectivity index (χ4n) is 3.03. The van der Waals surface area contributed by atoms with Crippen LogP contribution in [0, 0.1) is 13.8 Å². The van der Waals surface area contributed by atoms with Crippen LogP contribution in [0.2, 0.25) is 0 Å². The van der Waals surface area contributed by atoms with Crippen molar-refractivity contribution in [1.82, 2.24) is 10.2 Å². The first-order valence-corrected chi connectivity index (χ1v) is 9.39. The van der Waals surface area contributed by atoms with Crippen molar-refractivity contribution in [2.75, 3.05) is 25.0 Å². The van der Waals surface area contributed by atoms with Gasteiger partial charge in [0, 0.05) is 17.8 Å². The van der Waals surface area contributed by atoms with Gasteiger partial charge in [0.2, 0.25) is 5.91 Å². The van der Waals surface area contributed by atoms with Gasteiger partial charge in [-0.15, -0.1) is 0 Å². The molecule has 0 spiro atoms. The molecule has 27 heavy (non-hydrogen) atoms. The van der Waals surface area contributed by atoms with E-state index in [-0.39, 0.29) is 18.4 Å².